The van der Waals surface area contributed by atoms with E-state index in [9.17, 15) is 13.2 Å². The maximum atomic E-state index is 12.7. The lowest BCUT2D eigenvalue weighted by molar-refractivity contribution is -0.121. The lowest BCUT2D eigenvalue weighted by Crippen LogP contribution is -2.48. The highest BCUT2D eigenvalue weighted by Gasteiger charge is 2.30. The number of ether oxygens (including phenoxy) is 4. The minimum absolute atomic E-state index is 0.194. The molecule has 1 unspecified atom stereocenters. The average Bonchev–Trinajstić information content (AvgIpc) is 2.75. The fourth-order valence-corrected chi connectivity index (χ4v) is 4.37. The van der Waals surface area contributed by atoms with Gasteiger partial charge in [0.25, 0.3) is 0 Å². The summed E-state index contributed by atoms with van der Waals surface area (Å²) in [5, 5.41) is 2.71. The molecule has 0 aliphatic carbocycles. The normalized spacial score (nSPS) is 13.8. The molecule has 168 valence electrons. The number of fused-ring (bicyclic) bond motifs is 1. The predicted molar refractivity (Wildman–Crippen MR) is 116 cm³/mol. The van der Waals surface area contributed by atoms with Gasteiger partial charge < -0.3 is 24.3 Å². The molecule has 0 saturated heterocycles. The summed E-state index contributed by atoms with van der Waals surface area (Å²) in [6, 6.07) is 11.0. The highest BCUT2D eigenvalue weighted by Crippen LogP contribution is 2.35. The summed E-state index contributed by atoms with van der Waals surface area (Å²) in [6.07, 6.45) is 1.05. The second kappa shape index (κ2) is 9.78. The Bertz CT molecular complexity index is 1030. The standard InChI is InChI=1S/C21H26N2O7S/c1-15(21(24)22-10-11-28-18-7-5-4-6-17(18)27-2)23(31(3,25)26)16-8-9-19-20(14-16)30-13-12-29-19/h4-9,14-15H,10-13H2,1-3H3,(H,22,24). The summed E-state index contributed by atoms with van der Waals surface area (Å²) in [7, 11) is -2.20. The molecule has 10 heteroatoms. The van der Waals surface area contributed by atoms with Gasteiger partial charge in [-0.3, -0.25) is 9.10 Å². The van der Waals surface area contributed by atoms with E-state index < -0.39 is 22.0 Å². The van der Waals surface area contributed by atoms with Crippen molar-refractivity contribution in [3.8, 4) is 23.0 Å². The van der Waals surface area contributed by atoms with Gasteiger partial charge in [0, 0.05) is 6.07 Å². The molecule has 2 aromatic carbocycles. The molecule has 0 spiro atoms. The van der Waals surface area contributed by atoms with E-state index in [0.29, 0.717) is 41.9 Å². The lowest BCUT2D eigenvalue weighted by atomic mass is 10.2. The third-order valence-electron chi connectivity index (χ3n) is 4.60. The van der Waals surface area contributed by atoms with Crippen LogP contribution in [0.2, 0.25) is 0 Å². The van der Waals surface area contributed by atoms with Gasteiger partial charge >= 0.3 is 0 Å². The Morgan fingerprint density at radius 2 is 1.81 bits per heavy atom. The van der Waals surface area contributed by atoms with Crippen LogP contribution in [0.25, 0.3) is 0 Å². The Labute approximate surface area is 181 Å². The van der Waals surface area contributed by atoms with Crippen LogP contribution in [0.15, 0.2) is 42.5 Å². The first-order valence-corrected chi connectivity index (χ1v) is 11.6. The number of methoxy groups -OCH3 is 1. The van der Waals surface area contributed by atoms with Crippen molar-refractivity contribution in [2.45, 2.75) is 13.0 Å². The van der Waals surface area contributed by atoms with Gasteiger partial charge in [0.05, 0.1) is 25.6 Å². The number of amides is 1. The Morgan fingerprint density at radius 1 is 1.13 bits per heavy atom. The van der Waals surface area contributed by atoms with E-state index in [-0.39, 0.29) is 13.2 Å². The molecule has 1 amide bonds. The number of rotatable bonds is 9. The average molecular weight is 451 g/mol. The molecule has 2 aromatic rings. The molecule has 1 aliphatic heterocycles. The van der Waals surface area contributed by atoms with Crippen molar-refractivity contribution in [2.24, 2.45) is 0 Å². The summed E-state index contributed by atoms with van der Waals surface area (Å²) >= 11 is 0. The molecular formula is C21H26N2O7S. The van der Waals surface area contributed by atoms with Crippen LogP contribution in [0.4, 0.5) is 5.69 Å². The fourth-order valence-electron chi connectivity index (χ4n) is 3.20. The van der Waals surface area contributed by atoms with E-state index in [1.807, 2.05) is 12.1 Å². The topological polar surface area (TPSA) is 103 Å². The van der Waals surface area contributed by atoms with Gasteiger partial charge in [0.15, 0.2) is 23.0 Å². The molecule has 1 heterocycles. The summed E-state index contributed by atoms with van der Waals surface area (Å²) in [5.41, 5.74) is 0.319. The monoisotopic (exact) mass is 450 g/mol. The van der Waals surface area contributed by atoms with Gasteiger partial charge in [-0.2, -0.15) is 0 Å². The summed E-state index contributed by atoms with van der Waals surface area (Å²) in [6.45, 7) is 2.71. The van der Waals surface area contributed by atoms with Gasteiger partial charge in [-0.15, -0.1) is 0 Å². The van der Waals surface area contributed by atoms with Crippen LogP contribution in [-0.2, 0) is 14.8 Å². The van der Waals surface area contributed by atoms with Crippen LogP contribution in [0.1, 0.15) is 6.92 Å². The minimum atomic E-state index is -3.74. The van der Waals surface area contributed by atoms with Crippen LogP contribution >= 0.6 is 0 Å². The van der Waals surface area contributed by atoms with Crippen molar-refractivity contribution < 1.29 is 32.2 Å². The van der Waals surface area contributed by atoms with Crippen molar-refractivity contribution in [3.63, 3.8) is 0 Å². The Kier molecular flexibility index (Phi) is 7.11. The molecule has 0 radical (unpaired) electrons. The quantitative estimate of drug-likeness (QED) is 0.581. The number of para-hydroxylation sites is 2. The first kappa shape index (κ1) is 22.5. The van der Waals surface area contributed by atoms with E-state index in [0.717, 1.165) is 10.6 Å². The summed E-state index contributed by atoms with van der Waals surface area (Å²) < 4.78 is 47.8. The second-order valence-corrected chi connectivity index (χ2v) is 8.71. The van der Waals surface area contributed by atoms with E-state index >= 15 is 0 Å². The van der Waals surface area contributed by atoms with Crippen LogP contribution in [-0.4, -0.2) is 60.1 Å². The number of benzene rings is 2. The molecule has 1 N–H and O–H groups in total. The lowest BCUT2D eigenvalue weighted by Gasteiger charge is -2.29. The van der Waals surface area contributed by atoms with Crippen molar-refractivity contribution in [2.75, 3.05) is 44.0 Å². The van der Waals surface area contributed by atoms with Gasteiger partial charge in [-0.1, -0.05) is 12.1 Å². The van der Waals surface area contributed by atoms with Gasteiger partial charge in [-0.25, -0.2) is 8.42 Å². The first-order valence-electron chi connectivity index (χ1n) is 9.74. The number of hydrogen-bond acceptors (Lipinski definition) is 7. The summed E-state index contributed by atoms with van der Waals surface area (Å²) in [5.74, 6) is 1.67. The molecule has 31 heavy (non-hydrogen) atoms. The van der Waals surface area contributed by atoms with Crippen molar-refractivity contribution in [3.05, 3.63) is 42.5 Å². The molecule has 0 fully saturated rings. The molecule has 3 rings (SSSR count). The number of hydrogen-bond donors (Lipinski definition) is 1. The Balaban J connectivity index is 1.65. The van der Waals surface area contributed by atoms with Crippen LogP contribution in [0, 0.1) is 0 Å². The number of carbonyl (C=O) groups excluding carboxylic acids is 1. The molecule has 0 saturated carbocycles. The second-order valence-electron chi connectivity index (χ2n) is 6.85. The fraction of sp³-hybridized carbons (Fsp3) is 0.381. The minimum Gasteiger partial charge on any atom is -0.493 e. The largest absolute Gasteiger partial charge is 0.493 e. The van der Waals surface area contributed by atoms with Crippen LogP contribution < -0.4 is 28.6 Å². The zero-order chi connectivity index (χ0) is 22.4. The van der Waals surface area contributed by atoms with E-state index in [2.05, 4.69) is 5.32 Å². The Morgan fingerprint density at radius 3 is 2.48 bits per heavy atom. The van der Waals surface area contributed by atoms with Gasteiger partial charge in [0.2, 0.25) is 15.9 Å². The highest BCUT2D eigenvalue weighted by atomic mass is 32.2. The van der Waals surface area contributed by atoms with Crippen molar-refractivity contribution in [1.82, 2.24) is 5.32 Å². The highest BCUT2D eigenvalue weighted by molar-refractivity contribution is 7.92. The zero-order valence-corrected chi connectivity index (χ0v) is 18.5. The number of nitrogens with one attached hydrogen (secondary N) is 1. The van der Waals surface area contributed by atoms with E-state index in [1.54, 1.807) is 37.4 Å². The maximum absolute atomic E-state index is 12.7. The van der Waals surface area contributed by atoms with Crippen molar-refractivity contribution >= 4 is 21.6 Å². The summed E-state index contributed by atoms with van der Waals surface area (Å²) in [4.78, 5) is 12.7. The molecular weight excluding hydrogens is 424 g/mol. The molecule has 0 aromatic heterocycles. The number of nitrogens with zero attached hydrogens (tertiary/aromatic N) is 1. The van der Waals surface area contributed by atoms with Crippen LogP contribution in [0.3, 0.4) is 0 Å². The number of sulfonamides is 1. The third kappa shape index (κ3) is 5.52. The third-order valence-corrected chi connectivity index (χ3v) is 5.84. The molecule has 1 atom stereocenters. The smallest absolute Gasteiger partial charge is 0.243 e. The number of anilines is 1. The SMILES string of the molecule is COc1ccccc1OCCNC(=O)C(C)N(c1ccc2c(c1)OCCO2)S(C)(=O)=O. The maximum Gasteiger partial charge on any atom is 0.243 e. The van der Waals surface area contributed by atoms with Crippen LogP contribution in [0.5, 0.6) is 23.0 Å². The zero-order valence-electron chi connectivity index (χ0n) is 17.7. The Hall–Kier alpha value is -3.14. The first-order chi connectivity index (χ1) is 14.8. The van der Waals surface area contributed by atoms with Gasteiger partial charge in [-0.05, 0) is 31.2 Å². The van der Waals surface area contributed by atoms with E-state index in [1.165, 1.54) is 6.92 Å². The number of carbonyl (C=O) groups is 1. The predicted octanol–water partition coefficient (Wildman–Crippen LogP) is 1.82. The molecule has 1 aliphatic rings. The molecule has 9 nitrogen and oxygen atoms in total. The van der Waals surface area contributed by atoms with Gasteiger partial charge in [0.1, 0.15) is 25.9 Å². The van der Waals surface area contributed by atoms with Crippen molar-refractivity contribution in [1.29, 1.82) is 0 Å². The van der Waals surface area contributed by atoms with E-state index in [4.69, 9.17) is 18.9 Å². The molecule has 0 bridgehead atoms.